The molecular weight excluding hydrogens is 384 g/mol. The van der Waals surface area contributed by atoms with Gasteiger partial charge in [-0.3, -0.25) is 9.48 Å². The summed E-state index contributed by atoms with van der Waals surface area (Å²) in [6.45, 7) is 3.36. The van der Waals surface area contributed by atoms with Gasteiger partial charge in [0.05, 0.1) is 5.56 Å². The van der Waals surface area contributed by atoms with Crippen molar-refractivity contribution in [2.24, 2.45) is 7.05 Å². The summed E-state index contributed by atoms with van der Waals surface area (Å²) >= 11 is 3.34. The number of aromatic nitrogens is 3. The highest BCUT2D eigenvalue weighted by atomic mass is 79.9. The van der Waals surface area contributed by atoms with E-state index in [9.17, 15) is 10.1 Å². The van der Waals surface area contributed by atoms with Crippen molar-refractivity contribution in [1.82, 2.24) is 20.1 Å². The Hall–Kier alpha value is -2.40. The molecule has 1 amide bonds. The standard InChI is InChI=1S/C17H19BrN6O/c1-11-6-15(22-23(11)2)17(25)21-14-4-3-5-24(10-14)16-12(8-19)7-13(18)9-20-16/h6-7,9,14H,3-5,10H2,1-2H3,(H,21,25). The third-order valence-electron chi connectivity index (χ3n) is 4.36. The van der Waals surface area contributed by atoms with E-state index in [-0.39, 0.29) is 11.9 Å². The molecule has 1 N–H and O–H groups in total. The molecule has 8 heteroatoms. The van der Waals surface area contributed by atoms with Crippen LogP contribution < -0.4 is 10.2 Å². The fraction of sp³-hybridized carbons (Fsp3) is 0.412. The van der Waals surface area contributed by atoms with Crippen LogP contribution >= 0.6 is 15.9 Å². The SMILES string of the molecule is Cc1cc(C(=O)NC2CCCN(c3ncc(Br)cc3C#N)C2)nn1C. The number of halogens is 1. The van der Waals surface area contributed by atoms with Crippen LogP contribution in [0.4, 0.5) is 5.82 Å². The number of carbonyl (C=O) groups is 1. The van der Waals surface area contributed by atoms with Gasteiger partial charge >= 0.3 is 0 Å². The van der Waals surface area contributed by atoms with Crippen molar-refractivity contribution >= 4 is 27.7 Å². The average molecular weight is 403 g/mol. The van der Waals surface area contributed by atoms with Gasteiger partial charge in [0.15, 0.2) is 0 Å². The summed E-state index contributed by atoms with van der Waals surface area (Å²) < 4.78 is 2.47. The van der Waals surface area contributed by atoms with E-state index >= 15 is 0 Å². The summed E-state index contributed by atoms with van der Waals surface area (Å²) in [7, 11) is 1.82. The Kier molecular flexibility index (Phi) is 5.04. The van der Waals surface area contributed by atoms with Gasteiger partial charge < -0.3 is 10.2 Å². The Morgan fingerprint density at radius 1 is 1.48 bits per heavy atom. The third-order valence-corrected chi connectivity index (χ3v) is 4.79. The lowest BCUT2D eigenvalue weighted by atomic mass is 10.0. The Morgan fingerprint density at radius 2 is 2.28 bits per heavy atom. The highest BCUT2D eigenvalue weighted by Gasteiger charge is 2.25. The molecule has 1 saturated heterocycles. The van der Waals surface area contributed by atoms with Crippen molar-refractivity contribution in [3.05, 3.63) is 39.8 Å². The van der Waals surface area contributed by atoms with Crippen molar-refractivity contribution in [3.8, 4) is 6.07 Å². The summed E-state index contributed by atoms with van der Waals surface area (Å²) in [4.78, 5) is 18.9. The molecule has 7 nitrogen and oxygen atoms in total. The van der Waals surface area contributed by atoms with Gasteiger partial charge in [-0.15, -0.1) is 0 Å². The lowest BCUT2D eigenvalue weighted by Gasteiger charge is -2.34. The Morgan fingerprint density at radius 3 is 2.96 bits per heavy atom. The first-order chi connectivity index (χ1) is 12.0. The number of nitrogens with zero attached hydrogens (tertiary/aromatic N) is 5. The zero-order valence-electron chi connectivity index (χ0n) is 14.2. The van der Waals surface area contributed by atoms with Crippen LogP contribution in [0.1, 0.15) is 34.6 Å². The van der Waals surface area contributed by atoms with Crippen molar-refractivity contribution in [3.63, 3.8) is 0 Å². The molecule has 3 rings (SSSR count). The van der Waals surface area contributed by atoms with E-state index in [0.29, 0.717) is 23.6 Å². The minimum absolute atomic E-state index is 0.000511. The maximum absolute atomic E-state index is 12.4. The van der Waals surface area contributed by atoms with E-state index in [2.05, 4.69) is 42.3 Å². The van der Waals surface area contributed by atoms with Crippen LogP contribution in [0, 0.1) is 18.3 Å². The third kappa shape index (κ3) is 3.82. The normalized spacial score (nSPS) is 17.2. The number of anilines is 1. The molecule has 1 atom stereocenters. The van der Waals surface area contributed by atoms with Crippen molar-refractivity contribution < 1.29 is 4.79 Å². The zero-order valence-corrected chi connectivity index (χ0v) is 15.7. The molecule has 25 heavy (non-hydrogen) atoms. The average Bonchev–Trinajstić information content (AvgIpc) is 2.94. The van der Waals surface area contributed by atoms with Crippen LogP contribution in [0.5, 0.6) is 0 Å². The number of hydrogen-bond acceptors (Lipinski definition) is 5. The number of amides is 1. The van der Waals surface area contributed by atoms with Gasteiger partial charge in [0.1, 0.15) is 17.6 Å². The molecule has 0 spiro atoms. The number of nitriles is 1. The van der Waals surface area contributed by atoms with Crippen molar-refractivity contribution in [2.75, 3.05) is 18.0 Å². The van der Waals surface area contributed by atoms with E-state index in [1.165, 1.54) is 0 Å². The Balaban J connectivity index is 1.71. The second-order valence-corrected chi connectivity index (χ2v) is 7.11. The topological polar surface area (TPSA) is 86.8 Å². The first-order valence-corrected chi connectivity index (χ1v) is 8.89. The molecule has 0 aromatic carbocycles. The molecule has 1 fully saturated rings. The van der Waals surface area contributed by atoms with Gasteiger partial charge in [0, 0.05) is 42.5 Å². The fourth-order valence-corrected chi connectivity index (χ4v) is 3.32. The highest BCUT2D eigenvalue weighted by molar-refractivity contribution is 9.10. The highest BCUT2D eigenvalue weighted by Crippen LogP contribution is 2.24. The van der Waals surface area contributed by atoms with Gasteiger partial charge in [0.2, 0.25) is 0 Å². The second kappa shape index (κ2) is 7.23. The van der Waals surface area contributed by atoms with E-state index in [0.717, 1.165) is 29.6 Å². The van der Waals surface area contributed by atoms with Crippen LogP contribution in [0.3, 0.4) is 0 Å². The zero-order chi connectivity index (χ0) is 18.0. The van der Waals surface area contributed by atoms with Crippen LogP contribution in [-0.4, -0.2) is 39.8 Å². The molecule has 0 saturated carbocycles. The molecule has 0 radical (unpaired) electrons. The van der Waals surface area contributed by atoms with Crippen LogP contribution in [0.15, 0.2) is 22.8 Å². The molecule has 130 valence electrons. The predicted octanol–water partition coefficient (Wildman–Crippen LogP) is 2.16. The molecule has 1 unspecified atom stereocenters. The van der Waals surface area contributed by atoms with Gasteiger partial charge in [-0.1, -0.05) is 0 Å². The minimum Gasteiger partial charge on any atom is -0.353 e. The smallest absolute Gasteiger partial charge is 0.272 e. The fourth-order valence-electron chi connectivity index (χ4n) is 2.98. The number of aryl methyl sites for hydroxylation is 2. The van der Waals surface area contributed by atoms with E-state index < -0.39 is 0 Å². The Labute approximate surface area is 154 Å². The van der Waals surface area contributed by atoms with E-state index in [1.807, 2.05) is 14.0 Å². The summed E-state index contributed by atoms with van der Waals surface area (Å²) in [5.41, 5.74) is 1.89. The number of nitrogens with one attached hydrogen (secondary N) is 1. The molecule has 0 bridgehead atoms. The molecule has 2 aromatic heterocycles. The molecule has 0 aliphatic carbocycles. The van der Waals surface area contributed by atoms with Crippen LogP contribution in [0.25, 0.3) is 0 Å². The first-order valence-electron chi connectivity index (χ1n) is 8.10. The molecule has 1 aliphatic rings. The largest absolute Gasteiger partial charge is 0.353 e. The quantitative estimate of drug-likeness (QED) is 0.849. The number of pyridine rings is 1. The number of hydrogen-bond donors (Lipinski definition) is 1. The maximum Gasteiger partial charge on any atom is 0.272 e. The Bertz CT molecular complexity index is 821. The number of piperidine rings is 1. The van der Waals surface area contributed by atoms with Gasteiger partial charge in [0.25, 0.3) is 5.91 Å². The molecular formula is C17H19BrN6O. The van der Waals surface area contributed by atoms with Crippen LogP contribution in [-0.2, 0) is 7.05 Å². The van der Waals surface area contributed by atoms with Crippen molar-refractivity contribution in [1.29, 1.82) is 5.26 Å². The first kappa shape index (κ1) is 17.4. The lowest BCUT2D eigenvalue weighted by Crippen LogP contribution is -2.48. The van der Waals surface area contributed by atoms with Gasteiger partial charge in [-0.2, -0.15) is 10.4 Å². The maximum atomic E-state index is 12.4. The molecule has 3 heterocycles. The number of rotatable bonds is 3. The molecule has 2 aromatic rings. The second-order valence-electron chi connectivity index (χ2n) is 6.19. The predicted molar refractivity (Wildman–Crippen MR) is 97.3 cm³/mol. The van der Waals surface area contributed by atoms with Crippen LogP contribution in [0.2, 0.25) is 0 Å². The summed E-state index contributed by atoms with van der Waals surface area (Å²) in [5.74, 6) is 0.498. The minimum atomic E-state index is -0.167. The molecule has 1 aliphatic heterocycles. The van der Waals surface area contributed by atoms with Gasteiger partial charge in [-0.05, 0) is 47.8 Å². The number of carbonyl (C=O) groups excluding carboxylic acids is 1. The summed E-state index contributed by atoms with van der Waals surface area (Å²) in [6, 6.07) is 5.73. The lowest BCUT2D eigenvalue weighted by molar-refractivity contribution is 0.0927. The summed E-state index contributed by atoms with van der Waals surface area (Å²) in [6.07, 6.45) is 3.51. The monoisotopic (exact) mass is 402 g/mol. The van der Waals surface area contributed by atoms with Gasteiger partial charge in [-0.25, -0.2) is 4.98 Å². The van der Waals surface area contributed by atoms with E-state index in [4.69, 9.17) is 0 Å². The van der Waals surface area contributed by atoms with E-state index in [1.54, 1.807) is 23.0 Å². The van der Waals surface area contributed by atoms with Crippen molar-refractivity contribution in [2.45, 2.75) is 25.8 Å². The summed E-state index contributed by atoms with van der Waals surface area (Å²) in [5, 5.41) is 16.6.